The maximum atomic E-state index is 13.1. The second-order valence-corrected chi connectivity index (χ2v) is 8.15. The lowest BCUT2D eigenvalue weighted by Crippen LogP contribution is -2.40. The Hall–Kier alpha value is -2.80. The van der Waals surface area contributed by atoms with E-state index in [1.165, 1.54) is 17.3 Å². The lowest BCUT2D eigenvalue weighted by atomic mass is 10.1. The molecule has 7 heteroatoms. The molecule has 0 saturated carbocycles. The van der Waals surface area contributed by atoms with Gasteiger partial charge >= 0.3 is 0 Å². The molecule has 0 spiro atoms. The van der Waals surface area contributed by atoms with Crippen LogP contribution in [0.15, 0.2) is 53.7 Å². The van der Waals surface area contributed by atoms with Gasteiger partial charge < -0.3 is 9.64 Å². The van der Waals surface area contributed by atoms with Gasteiger partial charge in [-0.25, -0.2) is 4.98 Å². The number of aromatic amines is 1. The van der Waals surface area contributed by atoms with E-state index in [1.807, 2.05) is 54.3 Å². The van der Waals surface area contributed by atoms with Gasteiger partial charge in [-0.15, -0.1) is 5.10 Å². The second kappa shape index (κ2) is 7.67. The Balaban J connectivity index is 1.47. The number of nitrogens with zero attached hydrogens (tertiary/aromatic N) is 3. The Morgan fingerprint density at radius 3 is 2.75 bits per heavy atom. The molecule has 6 nitrogen and oxygen atoms in total. The van der Waals surface area contributed by atoms with Crippen molar-refractivity contribution in [1.82, 2.24) is 15.2 Å². The Morgan fingerprint density at radius 1 is 1.25 bits per heavy atom. The van der Waals surface area contributed by atoms with Crippen LogP contribution in [0.2, 0.25) is 0 Å². The van der Waals surface area contributed by atoms with E-state index in [0.29, 0.717) is 11.0 Å². The van der Waals surface area contributed by atoms with Gasteiger partial charge in [0.25, 0.3) is 0 Å². The monoisotopic (exact) mass is 394 g/mol. The van der Waals surface area contributed by atoms with E-state index in [4.69, 9.17) is 4.74 Å². The molecular weight excluding hydrogens is 372 g/mol. The van der Waals surface area contributed by atoms with E-state index < -0.39 is 0 Å². The van der Waals surface area contributed by atoms with Crippen LogP contribution in [-0.2, 0) is 11.2 Å². The number of anilines is 1. The first-order chi connectivity index (χ1) is 13.6. The molecule has 0 unspecified atom stereocenters. The zero-order chi connectivity index (χ0) is 19.7. The molecule has 2 atom stereocenters. The molecule has 0 bridgehead atoms. The maximum Gasteiger partial charge on any atom is 0.240 e. The first-order valence-electron chi connectivity index (χ1n) is 9.21. The SMILES string of the molecule is COc1ccc(-c2nc(S[C@@H](C)C(=O)N3c4ccccc4C[C@H]3C)n[nH]2)cc1. The summed E-state index contributed by atoms with van der Waals surface area (Å²) in [6.45, 7) is 3.99. The van der Waals surface area contributed by atoms with Gasteiger partial charge in [-0.1, -0.05) is 30.0 Å². The van der Waals surface area contributed by atoms with Crippen LogP contribution < -0.4 is 9.64 Å². The summed E-state index contributed by atoms with van der Waals surface area (Å²) in [7, 11) is 1.64. The number of ether oxygens (including phenoxy) is 1. The summed E-state index contributed by atoms with van der Waals surface area (Å²) in [4.78, 5) is 19.5. The summed E-state index contributed by atoms with van der Waals surface area (Å²) in [6, 6.07) is 15.9. The van der Waals surface area contributed by atoms with Crippen molar-refractivity contribution in [2.75, 3.05) is 12.0 Å². The number of amides is 1. The number of carbonyl (C=O) groups excluding carboxylic acids is 1. The number of hydrogen-bond donors (Lipinski definition) is 1. The Bertz CT molecular complexity index is 986. The van der Waals surface area contributed by atoms with Crippen LogP contribution in [0.5, 0.6) is 5.75 Å². The normalized spacial score (nSPS) is 16.7. The lowest BCUT2D eigenvalue weighted by molar-refractivity contribution is -0.118. The van der Waals surface area contributed by atoms with E-state index >= 15 is 0 Å². The molecule has 1 aliphatic rings. The smallest absolute Gasteiger partial charge is 0.240 e. The van der Waals surface area contributed by atoms with Crippen LogP contribution in [-0.4, -0.2) is 39.5 Å². The number of methoxy groups -OCH3 is 1. The summed E-state index contributed by atoms with van der Waals surface area (Å²) in [6.07, 6.45) is 0.890. The third-order valence-electron chi connectivity index (χ3n) is 4.90. The maximum absolute atomic E-state index is 13.1. The number of nitrogens with one attached hydrogen (secondary N) is 1. The summed E-state index contributed by atoms with van der Waals surface area (Å²) in [5.41, 5.74) is 3.16. The average Bonchev–Trinajstić information content (AvgIpc) is 3.31. The molecule has 144 valence electrons. The Kier molecular flexibility index (Phi) is 5.09. The fraction of sp³-hybridized carbons (Fsp3) is 0.286. The number of rotatable bonds is 5. The van der Waals surface area contributed by atoms with Crippen molar-refractivity contribution in [3.8, 4) is 17.1 Å². The van der Waals surface area contributed by atoms with Gasteiger partial charge in [-0.05, 0) is 56.2 Å². The minimum Gasteiger partial charge on any atom is -0.497 e. The third-order valence-corrected chi connectivity index (χ3v) is 5.85. The highest BCUT2D eigenvalue weighted by molar-refractivity contribution is 8.00. The van der Waals surface area contributed by atoms with Crippen molar-refractivity contribution >= 4 is 23.4 Å². The second-order valence-electron chi connectivity index (χ2n) is 6.85. The molecule has 2 aromatic carbocycles. The largest absolute Gasteiger partial charge is 0.497 e. The van der Waals surface area contributed by atoms with Gasteiger partial charge in [0.15, 0.2) is 5.82 Å². The van der Waals surface area contributed by atoms with E-state index in [2.05, 4.69) is 28.2 Å². The molecule has 0 saturated heterocycles. The van der Waals surface area contributed by atoms with Gasteiger partial charge in [0.1, 0.15) is 5.75 Å². The predicted octanol–water partition coefficient (Wildman–Crippen LogP) is 3.94. The quantitative estimate of drug-likeness (QED) is 0.664. The van der Waals surface area contributed by atoms with Crippen molar-refractivity contribution in [3.63, 3.8) is 0 Å². The molecular formula is C21H22N4O2S. The first kappa shape index (κ1) is 18.6. The molecule has 2 heterocycles. The summed E-state index contributed by atoms with van der Waals surface area (Å²) in [5.74, 6) is 1.54. The molecule has 1 aliphatic heterocycles. The standard InChI is InChI=1S/C21H22N4O2S/c1-13-12-16-6-4-5-7-18(16)25(13)20(26)14(2)28-21-22-19(23-24-21)15-8-10-17(27-3)11-9-15/h4-11,13-14H,12H2,1-3H3,(H,22,23,24)/t13-,14+/m1/s1. The van der Waals surface area contributed by atoms with Gasteiger partial charge in [0.2, 0.25) is 11.1 Å². The third kappa shape index (κ3) is 3.49. The van der Waals surface area contributed by atoms with Crippen molar-refractivity contribution in [2.45, 2.75) is 36.7 Å². The Labute approximate surface area is 168 Å². The highest BCUT2D eigenvalue weighted by Crippen LogP contribution is 2.34. The van der Waals surface area contributed by atoms with Crippen LogP contribution >= 0.6 is 11.8 Å². The van der Waals surface area contributed by atoms with Crippen molar-refractivity contribution < 1.29 is 9.53 Å². The van der Waals surface area contributed by atoms with Crippen LogP contribution in [0.1, 0.15) is 19.4 Å². The minimum atomic E-state index is -0.284. The minimum absolute atomic E-state index is 0.0817. The number of fused-ring (bicyclic) bond motifs is 1. The van der Waals surface area contributed by atoms with Gasteiger partial charge in [-0.3, -0.25) is 9.89 Å². The molecule has 1 amide bonds. The number of para-hydroxylation sites is 1. The topological polar surface area (TPSA) is 71.1 Å². The molecule has 28 heavy (non-hydrogen) atoms. The number of carbonyl (C=O) groups is 1. The zero-order valence-corrected chi connectivity index (χ0v) is 16.9. The predicted molar refractivity (Wildman–Crippen MR) is 111 cm³/mol. The van der Waals surface area contributed by atoms with Crippen molar-refractivity contribution in [3.05, 3.63) is 54.1 Å². The van der Waals surface area contributed by atoms with E-state index in [9.17, 15) is 4.79 Å². The fourth-order valence-corrected chi connectivity index (χ4v) is 4.26. The summed E-state index contributed by atoms with van der Waals surface area (Å²) >= 11 is 1.37. The zero-order valence-electron chi connectivity index (χ0n) is 16.0. The van der Waals surface area contributed by atoms with Gasteiger partial charge in [-0.2, -0.15) is 0 Å². The molecule has 4 rings (SSSR count). The van der Waals surface area contributed by atoms with Gasteiger partial charge in [0.05, 0.1) is 12.4 Å². The number of H-pyrrole nitrogens is 1. The number of aromatic nitrogens is 3. The summed E-state index contributed by atoms with van der Waals surface area (Å²) in [5, 5.41) is 7.50. The van der Waals surface area contributed by atoms with E-state index in [-0.39, 0.29) is 17.2 Å². The molecule has 0 radical (unpaired) electrons. The van der Waals surface area contributed by atoms with Crippen molar-refractivity contribution in [2.24, 2.45) is 0 Å². The first-order valence-corrected chi connectivity index (χ1v) is 10.1. The van der Waals surface area contributed by atoms with Crippen LogP contribution in [0.3, 0.4) is 0 Å². The van der Waals surface area contributed by atoms with E-state index in [0.717, 1.165) is 23.4 Å². The average molecular weight is 395 g/mol. The van der Waals surface area contributed by atoms with Crippen LogP contribution in [0.25, 0.3) is 11.4 Å². The molecule has 0 fully saturated rings. The molecule has 1 N–H and O–H groups in total. The number of hydrogen-bond acceptors (Lipinski definition) is 5. The summed E-state index contributed by atoms with van der Waals surface area (Å²) < 4.78 is 5.18. The Morgan fingerprint density at radius 2 is 2.00 bits per heavy atom. The number of thioether (sulfide) groups is 1. The van der Waals surface area contributed by atoms with Crippen molar-refractivity contribution in [1.29, 1.82) is 0 Å². The fourth-order valence-electron chi connectivity index (χ4n) is 3.48. The van der Waals surface area contributed by atoms with Crippen LogP contribution in [0, 0.1) is 0 Å². The van der Waals surface area contributed by atoms with E-state index in [1.54, 1.807) is 7.11 Å². The molecule has 1 aromatic heterocycles. The van der Waals surface area contributed by atoms with Crippen LogP contribution in [0.4, 0.5) is 5.69 Å². The molecule has 0 aliphatic carbocycles. The highest BCUT2D eigenvalue weighted by Gasteiger charge is 2.33. The number of benzene rings is 2. The highest BCUT2D eigenvalue weighted by atomic mass is 32.2. The molecule has 3 aromatic rings. The van der Waals surface area contributed by atoms with Gasteiger partial charge in [0, 0.05) is 17.3 Å². The lowest BCUT2D eigenvalue weighted by Gasteiger charge is -2.25.